The Bertz CT molecular complexity index is 104. The maximum atomic E-state index is 8.69. The van der Waals surface area contributed by atoms with E-state index in [9.17, 15) is 0 Å². The van der Waals surface area contributed by atoms with Crippen LogP contribution in [-0.2, 0) is 0 Å². The summed E-state index contributed by atoms with van der Waals surface area (Å²) < 4.78 is 0. The minimum absolute atomic E-state index is 0.250. The van der Waals surface area contributed by atoms with E-state index in [0.717, 1.165) is 39.3 Å². The lowest BCUT2D eigenvalue weighted by Crippen LogP contribution is -2.47. The Hall–Kier alpha value is -0.240. The van der Waals surface area contributed by atoms with Gasteiger partial charge in [0.15, 0.2) is 0 Å². The topological polar surface area (TPSA) is 99.0 Å². The molecule has 0 saturated carbocycles. The van der Waals surface area contributed by atoms with Crippen molar-refractivity contribution in [2.24, 2.45) is 11.7 Å². The average Bonchev–Trinajstić information content (AvgIpc) is 2.25. The van der Waals surface area contributed by atoms with Crippen LogP contribution < -0.4 is 11.7 Å². The van der Waals surface area contributed by atoms with Crippen LogP contribution in [0.3, 0.4) is 0 Å². The Labute approximate surface area is 85.1 Å². The Morgan fingerprint density at radius 2 is 1.07 bits per heavy atom. The first-order chi connectivity index (χ1) is 6.86. The molecule has 0 aromatic rings. The molecule has 0 radical (unpaired) electrons. The molecule has 0 aromatic heterocycles. The number of aliphatic hydroxyl groups excluding tert-OH is 2. The van der Waals surface area contributed by atoms with Gasteiger partial charge in [0.2, 0.25) is 0 Å². The molecule has 6 nitrogen and oxygen atoms in total. The molecule has 1 heterocycles. The van der Waals surface area contributed by atoms with Gasteiger partial charge in [-0.1, -0.05) is 0 Å². The smallest absolute Gasteiger partial charge is 0.0558 e. The third-order valence-corrected chi connectivity index (χ3v) is 2.30. The number of hydrazine groups is 1. The van der Waals surface area contributed by atoms with Gasteiger partial charge in [-0.25, -0.2) is 0 Å². The van der Waals surface area contributed by atoms with E-state index in [4.69, 9.17) is 10.2 Å². The van der Waals surface area contributed by atoms with Crippen LogP contribution in [-0.4, -0.2) is 72.5 Å². The molecule has 1 saturated heterocycles. The Balaban J connectivity index is 0.000000791. The van der Waals surface area contributed by atoms with E-state index in [-0.39, 0.29) is 13.2 Å². The van der Waals surface area contributed by atoms with Crippen molar-refractivity contribution in [3.8, 4) is 0 Å². The fourth-order valence-corrected chi connectivity index (χ4v) is 1.52. The summed E-state index contributed by atoms with van der Waals surface area (Å²) in [6.45, 7) is 6.13. The highest BCUT2D eigenvalue weighted by molar-refractivity contribution is 4.70. The van der Waals surface area contributed by atoms with Gasteiger partial charge in [-0.15, -0.1) is 0 Å². The summed E-state index contributed by atoms with van der Waals surface area (Å²) in [4.78, 5) is 4.49. The third kappa shape index (κ3) is 5.48. The zero-order valence-electron chi connectivity index (χ0n) is 8.60. The zero-order valence-corrected chi connectivity index (χ0v) is 8.60. The van der Waals surface area contributed by atoms with E-state index in [0.29, 0.717) is 0 Å². The predicted molar refractivity (Wildman–Crippen MR) is 55.4 cm³/mol. The second kappa shape index (κ2) is 9.32. The van der Waals surface area contributed by atoms with Gasteiger partial charge >= 0.3 is 0 Å². The molecule has 1 aliphatic rings. The molecular formula is C8H22N4O2. The minimum Gasteiger partial charge on any atom is -0.395 e. The van der Waals surface area contributed by atoms with Crippen molar-refractivity contribution in [2.75, 3.05) is 52.5 Å². The SMILES string of the molecule is NN.OCCN1CCN(CCO)CC1. The number of hydrogen-bond acceptors (Lipinski definition) is 6. The molecular weight excluding hydrogens is 184 g/mol. The molecule has 14 heavy (non-hydrogen) atoms. The second-order valence-electron chi connectivity index (χ2n) is 3.13. The average molecular weight is 206 g/mol. The van der Waals surface area contributed by atoms with Gasteiger partial charge in [-0.2, -0.15) is 0 Å². The van der Waals surface area contributed by atoms with Crippen LogP contribution in [0.5, 0.6) is 0 Å². The van der Waals surface area contributed by atoms with Gasteiger partial charge in [0.25, 0.3) is 0 Å². The van der Waals surface area contributed by atoms with Gasteiger partial charge in [-0.05, 0) is 0 Å². The zero-order chi connectivity index (χ0) is 10.8. The molecule has 0 aromatic carbocycles. The molecule has 1 aliphatic heterocycles. The third-order valence-electron chi connectivity index (χ3n) is 2.30. The first-order valence-electron chi connectivity index (χ1n) is 4.86. The van der Waals surface area contributed by atoms with Crippen LogP contribution in [0.2, 0.25) is 0 Å². The number of rotatable bonds is 4. The summed E-state index contributed by atoms with van der Waals surface area (Å²) in [6, 6.07) is 0. The predicted octanol–water partition coefficient (Wildman–Crippen LogP) is -2.59. The van der Waals surface area contributed by atoms with E-state index >= 15 is 0 Å². The lowest BCUT2D eigenvalue weighted by atomic mass is 10.3. The molecule has 6 heteroatoms. The fourth-order valence-electron chi connectivity index (χ4n) is 1.52. The van der Waals surface area contributed by atoms with Gasteiger partial charge in [0.05, 0.1) is 13.2 Å². The quantitative estimate of drug-likeness (QED) is 0.297. The molecule has 86 valence electrons. The first kappa shape index (κ1) is 13.8. The lowest BCUT2D eigenvalue weighted by Gasteiger charge is -2.33. The molecule has 0 spiro atoms. The normalized spacial score (nSPS) is 18.9. The molecule has 1 rings (SSSR count). The monoisotopic (exact) mass is 206 g/mol. The van der Waals surface area contributed by atoms with Crippen LogP contribution >= 0.6 is 0 Å². The van der Waals surface area contributed by atoms with E-state index < -0.39 is 0 Å². The summed E-state index contributed by atoms with van der Waals surface area (Å²) in [5.74, 6) is 8.00. The van der Waals surface area contributed by atoms with E-state index in [1.165, 1.54) is 0 Å². The molecule has 0 atom stereocenters. The number of nitrogens with zero attached hydrogens (tertiary/aromatic N) is 2. The molecule has 0 aliphatic carbocycles. The van der Waals surface area contributed by atoms with Crippen molar-refractivity contribution >= 4 is 0 Å². The van der Waals surface area contributed by atoms with Crippen molar-refractivity contribution in [1.82, 2.24) is 9.80 Å². The van der Waals surface area contributed by atoms with E-state index in [2.05, 4.69) is 21.5 Å². The number of β-amino-alcohol motifs (C(OH)–C–C–N with tert-alkyl or cyclic N) is 2. The van der Waals surface area contributed by atoms with Gasteiger partial charge < -0.3 is 10.2 Å². The number of nitrogens with two attached hydrogens (primary N) is 2. The molecule has 0 amide bonds. The maximum Gasteiger partial charge on any atom is 0.0558 e. The Kier molecular flexibility index (Phi) is 9.16. The number of hydrogen-bond donors (Lipinski definition) is 4. The molecule has 0 unspecified atom stereocenters. The highest BCUT2D eigenvalue weighted by atomic mass is 16.3. The fraction of sp³-hybridized carbons (Fsp3) is 1.00. The molecule has 1 fully saturated rings. The standard InChI is InChI=1S/C8H18N2O2.H4N2/c11-7-5-9-1-2-10(4-3-9)6-8-12;1-2/h11-12H,1-8H2;1-2H2. The number of aliphatic hydroxyl groups is 2. The van der Waals surface area contributed by atoms with Gasteiger partial charge in [-0.3, -0.25) is 21.5 Å². The van der Waals surface area contributed by atoms with Crippen molar-refractivity contribution < 1.29 is 10.2 Å². The van der Waals surface area contributed by atoms with Crippen molar-refractivity contribution in [1.29, 1.82) is 0 Å². The van der Waals surface area contributed by atoms with Crippen molar-refractivity contribution in [3.63, 3.8) is 0 Å². The van der Waals surface area contributed by atoms with Gasteiger partial charge in [0, 0.05) is 39.3 Å². The van der Waals surface area contributed by atoms with Crippen LogP contribution in [0, 0.1) is 0 Å². The maximum absolute atomic E-state index is 8.69. The number of piperazine rings is 1. The van der Waals surface area contributed by atoms with Crippen LogP contribution in [0.1, 0.15) is 0 Å². The van der Waals surface area contributed by atoms with E-state index in [1.807, 2.05) is 0 Å². The van der Waals surface area contributed by atoms with Crippen molar-refractivity contribution in [2.45, 2.75) is 0 Å². The van der Waals surface area contributed by atoms with Crippen molar-refractivity contribution in [3.05, 3.63) is 0 Å². The highest BCUT2D eigenvalue weighted by Crippen LogP contribution is 1.99. The molecule has 6 N–H and O–H groups in total. The highest BCUT2D eigenvalue weighted by Gasteiger charge is 2.14. The summed E-state index contributed by atoms with van der Waals surface area (Å²) in [5, 5.41) is 17.4. The molecule has 0 bridgehead atoms. The van der Waals surface area contributed by atoms with E-state index in [1.54, 1.807) is 0 Å². The lowest BCUT2D eigenvalue weighted by molar-refractivity contribution is 0.0984. The van der Waals surface area contributed by atoms with Gasteiger partial charge in [0.1, 0.15) is 0 Å². The van der Waals surface area contributed by atoms with Crippen LogP contribution in [0.4, 0.5) is 0 Å². The summed E-state index contributed by atoms with van der Waals surface area (Å²) in [7, 11) is 0. The Morgan fingerprint density at radius 1 is 0.786 bits per heavy atom. The summed E-state index contributed by atoms with van der Waals surface area (Å²) >= 11 is 0. The van der Waals surface area contributed by atoms with Crippen LogP contribution in [0.25, 0.3) is 0 Å². The summed E-state index contributed by atoms with van der Waals surface area (Å²) in [5.41, 5.74) is 0. The largest absolute Gasteiger partial charge is 0.395 e. The minimum atomic E-state index is 0.250. The second-order valence-corrected chi connectivity index (χ2v) is 3.13. The summed E-state index contributed by atoms with van der Waals surface area (Å²) in [6.07, 6.45) is 0. The Morgan fingerprint density at radius 3 is 1.29 bits per heavy atom. The first-order valence-corrected chi connectivity index (χ1v) is 4.86. The van der Waals surface area contributed by atoms with Crippen LogP contribution in [0.15, 0.2) is 0 Å².